The molecular formula is C10H15FN2. The SMILES string of the molecule is CNC(CCN)c1cccc(F)c1. The molecule has 0 saturated heterocycles. The van der Waals surface area contributed by atoms with E-state index in [4.69, 9.17) is 5.73 Å². The predicted molar refractivity (Wildman–Crippen MR) is 51.9 cm³/mol. The molecule has 3 heteroatoms. The number of hydrogen-bond donors (Lipinski definition) is 2. The number of nitrogens with one attached hydrogen (secondary N) is 1. The van der Waals surface area contributed by atoms with Gasteiger partial charge in [-0.25, -0.2) is 4.39 Å². The van der Waals surface area contributed by atoms with Gasteiger partial charge >= 0.3 is 0 Å². The standard InChI is InChI=1S/C10H15FN2/c1-13-10(5-6-12)8-3-2-4-9(11)7-8/h2-4,7,10,13H,5-6,12H2,1H3. The summed E-state index contributed by atoms with van der Waals surface area (Å²) >= 11 is 0. The first-order chi connectivity index (χ1) is 6.27. The highest BCUT2D eigenvalue weighted by Crippen LogP contribution is 2.16. The van der Waals surface area contributed by atoms with Gasteiger partial charge in [0.2, 0.25) is 0 Å². The topological polar surface area (TPSA) is 38.0 Å². The summed E-state index contributed by atoms with van der Waals surface area (Å²) in [6, 6.07) is 6.75. The van der Waals surface area contributed by atoms with Gasteiger partial charge in [0.1, 0.15) is 5.82 Å². The van der Waals surface area contributed by atoms with E-state index in [2.05, 4.69) is 5.32 Å². The summed E-state index contributed by atoms with van der Waals surface area (Å²) in [6.07, 6.45) is 0.819. The molecule has 1 unspecified atom stereocenters. The van der Waals surface area contributed by atoms with Crippen molar-refractivity contribution < 1.29 is 4.39 Å². The maximum atomic E-state index is 12.8. The lowest BCUT2D eigenvalue weighted by molar-refractivity contribution is 0.548. The first kappa shape index (κ1) is 10.2. The van der Waals surface area contributed by atoms with Crippen LogP contribution < -0.4 is 11.1 Å². The third-order valence-electron chi connectivity index (χ3n) is 2.05. The average Bonchev–Trinajstić information content (AvgIpc) is 2.14. The van der Waals surface area contributed by atoms with Crippen molar-refractivity contribution in [1.82, 2.24) is 5.32 Å². The highest BCUT2D eigenvalue weighted by atomic mass is 19.1. The van der Waals surface area contributed by atoms with Gasteiger partial charge in [-0.2, -0.15) is 0 Å². The molecule has 72 valence electrons. The van der Waals surface area contributed by atoms with Gasteiger partial charge in [0.25, 0.3) is 0 Å². The van der Waals surface area contributed by atoms with Crippen LogP contribution in [0.5, 0.6) is 0 Å². The summed E-state index contributed by atoms with van der Waals surface area (Å²) in [6.45, 7) is 0.599. The van der Waals surface area contributed by atoms with Crippen LogP contribution in [-0.4, -0.2) is 13.6 Å². The zero-order chi connectivity index (χ0) is 9.68. The minimum atomic E-state index is -0.199. The fourth-order valence-electron chi connectivity index (χ4n) is 1.37. The summed E-state index contributed by atoms with van der Waals surface area (Å²) in [7, 11) is 1.85. The first-order valence-corrected chi connectivity index (χ1v) is 4.40. The molecule has 0 aromatic heterocycles. The zero-order valence-electron chi connectivity index (χ0n) is 7.76. The lowest BCUT2D eigenvalue weighted by Gasteiger charge is -2.15. The Morgan fingerprint density at radius 3 is 2.85 bits per heavy atom. The van der Waals surface area contributed by atoms with E-state index in [1.54, 1.807) is 6.07 Å². The summed E-state index contributed by atoms with van der Waals surface area (Å²) in [5.41, 5.74) is 6.40. The Bertz CT molecular complexity index is 263. The van der Waals surface area contributed by atoms with Gasteiger partial charge in [-0.05, 0) is 37.7 Å². The van der Waals surface area contributed by atoms with Gasteiger partial charge in [0.15, 0.2) is 0 Å². The van der Waals surface area contributed by atoms with Crippen molar-refractivity contribution in [3.8, 4) is 0 Å². The normalized spacial score (nSPS) is 12.8. The molecule has 2 nitrogen and oxygen atoms in total. The molecule has 1 aromatic carbocycles. The van der Waals surface area contributed by atoms with Crippen LogP contribution in [0.1, 0.15) is 18.0 Å². The second kappa shape index (κ2) is 4.94. The van der Waals surface area contributed by atoms with E-state index >= 15 is 0 Å². The van der Waals surface area contributed by atoms with Gasteiger partial charge in [-0.3, -0.25) is 0 Å². The summed E-state index contributed by atoms with van der Waals surface area (Å²) < 4.78 is 12.8. The lowest BCUT2D eigenvalue weighted by atomic mass is 10.0. The second-order valence-electron chi connectivity index (χ2n) is 2.97. The van der Waals surface area contributed by atoms with Crippen LogP contribution in [0.3, 0.4) is 0 Å². The van der Waals surface area contributed by atoms with Crippen molar-refractivity contribution in [2.24, 2.45) is 5.73 Å². The lowest BCUT2D eigenvalue weighted by Crippen LogP contribution is -2.19. The highest BCUT2D eigenvalue weighted by molar-refractivity contribution is 5.20. The number of hydrogen-bond acceptors (Lipinski definition) is 2. The molecule has 0 fully saturated rings. The maximum absolute atomic E-state index is 12.8. The minimum absolute atomic E-state index is 0.153. The maximum Gasteiger partial charge on any atom is 0.123 e. The van der Waals surface area contributed by atoms with Crippen LogP contribution in [0.15, 0.2) is 24.3 Å². The molecule has 0 bridgehead atoms. The van der Waals surface area contributed by atoms with Crippen molar-refractivity contribution in [2.75, 3.05) is 13.6 Å². The molecular weight excluding hydrogens is 167 g/mol. The molecule has 13 heavy (non-hydrogen) atoms. The van der Waals surface area contributed by atoms with E-state index in [9.17, 15) is 4.39 Å². The van der Waals surface area contributed by atoms with Crippen LogP contribution in [0.4, 0.5) is 4.39 Å². The van der Waals surface area contributed by atoms with E-state index in [1.807, 2.05) is 13.1 Å². The molecule has 1 aromatic rings. The third kappa shape index (κ3) is 2.79. The molecule has 1 rings (SSSR count). The molecule has 0 amide bonds. The van der Waals surface area contributed by atoms with Gasteiger partial charge in [-0.1, -0.05) is 12.1 Å². The highest BCUT2D eigenvalue weighted by Gasteiger charge is 2.07. The molecule has 0 radical (unpaired) electrons. The summed E-state index contributed by atoms with van der Waals surface area (Å²) in [5.74, 6) is -0.199. The van der Waals surface area contributed by atoms with E-state index in [-0.39, 0.29) is 11.9 Å². The van der Waals surface area contributed by atoms with Crippen LogP contribution in [-0.2, 0) is 0 Å². The minimum Gasteiger partial charge on any atom is -0.330 e. The Hall–Kier alpha value is -0.930. The quantitative estimate of drug-likeness (QED) is 0.739. The molecule has 0 aliphatic carbocycles. The van der Waals surface area contributed by atoms with E-state index in [1.165, 1.54) is 12.1 Å². The van der Waals surface area contributed by atoms with Crippen molar-refractivity contribution in [3.63, 3.8) is 0 Å². The number of nitrogens with two attached hydrogens (primary N) is 1. The van der Waals surface area contributed by atoms with E-state index in [0.29, 0.717) is 6.54 Å². The van der Waals surface area contributed by atoms with Gasteiger partial charge in [0.05, 0.1) is 0 Å². The Morgan fingerprint density at radius 2 is 2.31 bits per heavy atom. The zero-order valence-corrected chi connectivity index (χ0v) is 7.76. The van der Waals surface area contributed by atoms with Crippen LogP contribution in [0.2, 0.25) is 0 Å². The van der Waals surface area contributed by atoms with Crippen LogP contribution in [0.25, 0.3) is 0 Å². The first-order valence-electron chi connectivity index (χ1n) is 4.40. The van der Waals surface area contributed by atoms with E-state index < -0.39 is 0 Å². The average molecular weight is 182 g/mol. The molecule has 0 aliphatic rings. The monoisotopic (exact) mass is 182 g/mol. The van der Waals surface area contributed by atoms with Crippen molar-refractivity contribution in [3.05, 3.63) is 35.6 Å². The molecule has 0 saturated carbocycles. The Kier molecular flexibility index (Phi) is 3.86. The Balaban J connectivity index is 2.78. The Morgan fingerprint density at radius 1 is 1.54 bits per heavy atom. The number of rotatable bonds is 4. The fraction of sp³-hybridized carbons (Fsp3) is 0.400. The summed E-state index contributed by atoms with van der Waals surface area (Å²) in [5, 5.41) is 3.10. The Labute approximate surface area is 77.9 Å². The van der Waals surface area contributed by atoms with Gasteiger partial charge < -0.3 is 11.1 Å². The molecule has 0 aliphatic heterocycles. The van der Waals surface area contributed by atoms with Gasteiger partial charge in [0, 0.05) is 6.04 Å². The number of halogens is 1. The molecule has 3 N–H and O–H groups in total. The van der Waals surface area contributed by atoms with Gasteiger partial charge in [-0.15, -0.1) is 0 Å². The fourth-order valence-corrected chi connectivity index (χ4v) is 1.37. The van der Waals surface area contributed by atoms with E-state index in [0.717, 1.165) is 12.0 Å². The molecule has 1 atom stereocenters. The third-order valence-corrected chi connectivity index (χ3v) is 2.05. The van der Waals surface area contributed by atoms with Crippen LogP contribution in [0, 0.1) is 5.82 Å². The van der Waals surface area contributed by atoms with Crippen molar-refractivity contribution >= 4 is 0 Å². The smallest absolute Gasteiger partial charge is 0.123 e. The molecule has 0 spiro atoms. The van der Waals surface area contributed by atoms with Crippen molar-refractivity contribution in [2.45, 2.75) is 12.5 Å². The van der Waals surface area contributed by atoms with Crippen molar-refractivity contribution in [1.29, 1.82) is 0 Å². The largest absolute Gasteiger partial charge is 0.330 e. The van der Waals surface area contributed by atoms with Crippen LogP contribution >= 0.6 is 0 Å². The summed E-state index contributed by atoms with van der Waals surface area (Å²) in [4.78, 5) is 0. The predicted octanol–water partition coefficient (Wildman–Crippen LogP) is 1.43. The second-order valence-corrected chi connectivity index (χ2v) is 2.97. The molecule has 0 heterocycles. The number of benzene rings is 1.